The molecule has 6 heteroatoms. The Hall–Kier alpha value is -1.30. The minimum Gasteiger partial charge on any atom is -0.376 e. The highest BCUT2D eigenvalue weighted by Gasteiger charge is 2.31. The summed E-state index contributed by atoms with van der Waals surface area (Å²) in [5.41, 5.74) is 0. The first-order chi connectivity index (χ1) is 10.7. The molecule has 0 aromatic rings. The summed E-state index contributed by atoms with van der Waals surface area (Å²) < 4.78 is 5.53. The van der Waals surface area contributed by atoms with E-state index in [-0.39, 0.29) is 24.0 Å². The van der Waals surface area contributed by atoms with Crippen molar-refractivity contribution >= 4 is 11.9 Å². The van der Waals surface area contributed by atoms with Crippen molar-refractivity contribution in [1.29, 1.82) is 0 Å². The van der Waals surface area contributed by atoms with Gasteiger partial charge >= 0.3 is 6.03 Å². The van der Waals surface area contributed by atoms with Crippen molar-refractivity contribution < 1.29 is 14.3 Å². The Balaban J connectivity index is 1.46. The number of nitrogens with zero attached hydrogens (tertiary/aromatic N) is 2. The van der Waals surface area contributed by atoms with Crippen LogP contribution >= 0.6 is 0 Å². The lowest BCUT2D eigenvalue weighted by atomic mass is 9.97. The molecule has 3 aliphatic heterocycles. The van der Waals surface area contributed by atoms with Crippen LogP contribution in [0.15, 0.2) is 0 Å². The SMILES string of the molecule is O=C(NC[C@@H]1CCCO1)[C@H]1CCCN(C(=O)N2CCCC2)C1. The van der Waals surface area contributed by atoms with Crippen molar-refractivity contribution in [3.8, 4) is 0 Å². The van der Waals surface area contributed by atoms with Crippen LogP contribution in [0.3, 0.4) is 0 Å². The maximum Gasteiger partial charge on any atom is 0.320 e. The fourth-order valence-corrected chi connectivity index (χ4v) is 3.64. The number of rotatable bonds is 3. The molecule has 3 amide bonds. The third-order valence-corrected chi connectivity index (χ3v) is 4.97. The first-order valence-electron chi connectivity index (χ1n) is 8.67. The molecule has 22 heavy (non-hydrogen) atoms. The average Bonchev–Trinajstić information content (AvgIpc) is 3.25. The Labute approximate surface area is 132 Å². The van der Waals surface area contributed by atoms with Crippen molar-refractivity contribution in [2.24, 2.45) is 5.92 Å². The van der Waals surface area contributed by atoms with E-state index < -0.39 is 0 Å². The third kappa shape index (κ3) is 3.72. The molecule has 0 spiro atoms. The van der Waals surface area contributed by atoms with Gasteiger partial charge in [-0.15, -0.1) is 0 Å². The van der Waals surface area contributed by atoms with Crippen molar-refractivity contribution in [1.82, 2.24) is 15.1 Å². The van der Waals surface area contributed by atoms with Gasteiger partial charge in [-0.1, -0.05) is 0 Å². The minimum absolute atomic E-state index is 0.0679. The lowest BCUT2D eigenvalue weighted by molar-refractivity contribution is -0.126. The molecule has 2 atom stereocenters. The molecular formula is C16H27N3O3. The number of carbonyl (C=O) groups is 2. The van der Waals surface area contributed by atoms with Crippen LogP contribution in [0.25, 0.3) is 0 Å². The van der Waals surface area contributed by atoms with E-state index in [4.69, 9.17) is 4.74 Å². The summed E-state index contributed by atoms with van der Waals surface area (Å²) in [6.45, 7) is 4.49. The van der Waals surface area contributed by atoms with E-state index in [9.17, 15) is 9.59 Å². The lowest BCUT2D eigenvalue weighted by Gasteiger charge is -2.34. The van der Waals surface area contributed by atoms with Crippen LogP contribution in [0.5, 0.6) is 0 Å². The van der Waals surface area contributed by atoms with E-state index in [1.165, 1.54) is 0 Å². The molecule has 0 radical (unpaired) electrons. The number of nitrogens with one attached hydrogen (secondary N) is 1. The van der Waals surface area contributed by atoms with E-state index in [1.807, 2.05) is 9.80 Å². The first kappa shape index (κ1) is 15.6. The quantitative estimate of drug-likeness (QED) is 0.852. The zero-order chi connectivity index (χ0) is 15.4. The second-order valence-corrected chi connectivity index (χ2v) is 6.64. The predicted octanol–water partition coefficient (Wildman–Crippen LogP) is 1.21. The highest BCUT2D eigenvalue weighted by Crippen LogP contribution is 2.20. The molecule has 3 rings (SSSR count). The molecule has 3 fully saturated rings. The first-order valence-corrected chi connectivity index (χ1v) is 8.67. The molecule has 0 unspecified atom stereocenters. The molecular weight excluding hydrogens is 282 g/mol. The molecule has 3 aliphatic rings. The maximum atomic E-state index is 12.4. The van der Waals surface area contributed by atoms with Crippen LogP contribution in [0, 0.1) is 5.92 Å². The largest absolute Gasteiger partial charge is 0.376 e. The van der Waals surface area contributed by atoms with Crippen molar-refractivity contribution in [2.45, 2.75) is 44.6 Å². The topological polar surface area (TPSA) is 61.9 Å². The van der Waals surface area contributed by atoms with E-state index >= 15 is 0 Å². The van der Waals surface area contributed by atoms with Crippen LogP contribution in [-0.2, 0) is 9.53 Å². The Morgan fingerprint density at radius 1 is 1.00 bits per heavy atom. The molecule has 0 aromatic heterocycles. The van der Waals surface area contributed by atoms with Crippen molar-refractivity contribution in [3.05, 3.63) is 0 Å². The maximum absolute atomic E-state index is 12.4. The standard InChI is InChI=1S/C16H27N3O3/c20-15(17-11-14-6-4-10-22-14)13-5-3-9-19(12-13)16(21)18-7-1-2-8-18/h13-14H,1-12H2,(H,17,20)/t13-,14-/m0/s1. The monoisotopic (exact) mass is 309 g/mol. The van der Waals surface area contributed by atoms with Crippen LogP contribution in [0.2, 0.25) is 0 Å². The summed E-state index contributed by atoms with van der Waals surface area (Å²) in [6.07, 6.45) is 6.29. The summed E-state index contributed by atoms with van der Waals surface area (Å²) in [7, 11) is 0. The van der Waals surface area contributed by atoms with Gasteiger partial charge in [0, 0.05) is 39.3 Å². The van der Waals surface area contributed by atoms with Gasteiger partial charge in [0.1, 0.15) is 0 Å². The van der Waals surface area contributed by atoms with Gasteiger partial charge in [0.15, 0.2) is 0 Å². The number of ether oxygens (including phenoxy) is 1. The van der Waals surface area contributed by atoms with Crippen molar-refractivity contribution in [2.75, 3.05) is 39.3 Å². The molecule has 0 saturated carbocycles. The molecule has 1 N–H and O–H groups in total. The Kier molecular flexibility index (Phi) is 5.18. The molecule has 3 saturated heterocycles. The smallest absolute Gasteiger partial charge is 0.320 e. The van der Waals surface area contributed by atoms with E-state index in [0.717, 1.165) is 64.8 Å². The summed E-state index contributed by atoms with van der Waals surface area (Å²) in [4.78, 5) is 28.6. The lowest BCUT2D eigenvalue weighted by Crippen LogP contribution is -2.50. The van der Waals surface area contributed by atoms with Gasteiger partial charge in [-0.25, -0.2) is 4.79 Å². The minimum atomic E-state index is -0.0679. The van der Waals surface area contributed by atoms with Gasteiger partial charge in [0.25, 0.3) is 0 Å². The van der Waals surface area contributed by atoms with Gasteiger partial charge in [0.05, 0.1) is 12.0 Å². The van der Waals surface area contributed by atoms with Gasteiger partial charge in [-0.2, -0.15) is 0 Å². The Morgan fingerprint density at radius 3 is 2.50 bits per heavy atom. The third-order valence-electron chi connectivity index (χ3n) is 4.97. The van der Waals surface area contributed by atoms with E-state index in [1.54, 1.807) is 0 Å². The highest BCUT2D eigenvalue weighted by molar-refractivity contribution is 5.81. The second-order valence-electron chi connectivity index (χ2n) is 6.64. The number of carbonyl (C=O) groups excluding carboxylic acids is 2. The fourth-order valence-electron chi connectivity index (χ4n) is 3.64. The number of hydrogen-bond acceptors (Lipinski definition) is 3. The number of hydrogen-bond donors (Lipinski definition) is 1. The van der Waals surface area contributed by atoms with E-state index in [0.29, 0.717) is 13.1 Å². The van der Waals surface area contributed by atoms with Crippen LogP contribution in [-0.4, -0.2) is 67.2 Å². The molecule has 0 aliphatic carbocycles. The Bertz CT molecular complexity index is 403. The zero-order valence-electron chi connectivity index (χ0n) is 13.3. The zero-order valence-corrected chi connectivity index (χ0v) is 13.3. The van der Waals surface area contributed by atoms with E-state index in [2.05, 4.69) is 5.32 Å². The highest BCUT2D eigenvalue weighted by atomic mass is 16.5. The van der Waals surface area contributed by atoms with Crippen LogP contribution in [0.1, 0.15) is 38.5 Å². The number of piperidine rings is 1. The summed E-state index contributed by atoms with van der Waals surface area (Å²) in [6, 6.07) is 0.120. The van der Waals surface area contributed by atoms with Gasteiger partial charge < -0.3 is 19.9 Å². The van der Waals surface area contributed by atoms with Crippen LogP contribution in [0.4, 0.5) is 4.79 Å². The van der Waals surface area contributed by atoms with Gasteiger partial charge in [0.2, 0.25) is 5.91 Å². The normalized spacial score (nSPS) is 28.9. The van der Waals surface area contributed by atoms with Crippen molar-refractivity contribution in [3.63, 3.8) is 0 Å². The number of amides is 3. The molecule has 0 aromatic carbocycles. The summed E-state index contributed by atoms with van der Waals surface area (Å²) in [5, 5.41) is 3.01. The fraction of sp³-hybridized carbons (Fsp3) is 0.875. The van der Waals surface area contributed by atoms with Crippen LogP contribution < -0.4 is 5.32 Å². The second kappa shape index (κ2) is 7.31. The predicted molar refractivity (Wildman–Crippen MR) is 82.5 cm³/mol. The summed E-state index contributed by atoms with van der Waals surface area (Å²) >= 11 is 0. The Morgan fingerprint density at radius 2 is 1.77 bits per heavy atom. The molecule has 0 bridgehead atoms. The number of urea groups is 1. The average molecular weight is 309 g/mol. The van der Waals surface area contributed by atoms with Gasteiger partial charge in [-0.05, 0) is 38.5 Å². The number of likely N-dealkylation sites (tertiary alicyclic amines) is 2. The molecule has 124 valence electrons. The van der Waals surface area contributed by atoms with Gasteiger partial charge in [-0.3, -0.25) is 4.79 Å². The molecule has 3 heterocycles. The molecule has 6 nitrogen and oxygen atoms in total. The summed E-state index contributed by atoms with van der Waals surface area (Å²) in [5.74, 6) is 0.0103.